The number of Topliss-reactive ketones (excluding diaryl/α,β-unsaturated/α-hetero) is 1. The van der Waals surface area contributed by atoms with Gasteiger partial charge in [-0.05, 0) is 80.8 Å². The lowest BCUT2D eigenvalue weighted by Gasteiger charge is -2.26. The summed E-state index contributed by atoms with van der Waals surface area (Å²) in [5, 5.41) is 11.5. The van der Waals surface area contributed by atoms with Crippen LogP contribution in [0.25, 0.3) is 5.76 Å². The summed E-state index contributed by atoms with van der Waals surface area (Å²) in [6, 6.07) is 16.4. The highest BCUT2D eigenvalue weighted by Crippen LogP contribution is 2.43. The molecule has 190 valence electrons. The predicted molar refractivity (Wildman–Crippen MR) is 141 cm³/mol. The van der Waals surface area contributed by atoms with Crippen LogP contribution in [0.1, 0.15) is 51.1 Å². The first-order chi connectivity index (χ1) is 17.7. The number of carbonyl (C=O) groups excluding carboxylic acids is 3. The molecule has 0 saturated carbocycles. The lowest BCUT2D eigenvalue weighted by Crippen LogP contribution is -2.29. The van der Waals surface area contributed by atoms with Crippen molar-refractivity contribution < 1.29 is 29.0 Å². The zero-order valence-corrected chi connectivity index (χ0v) is 21.5. The van der Waals surface area contributed by atoms with Crippen LogP contribution in [0.15, 0.2) is 66.2 Å². The summed E-state index contributed by atoms with van der Waals surface area (Å²) in [7, 11) is 1.57. The van der Waals surface area contributed by atoms with Gasteiger partial charge in [-0.25, -0.2) is 4.79 Å². The largest absolute Gasteiger partial charge is 0.507 e. The third-order valence-electron chi connectivity index (χ3n) is 6.46. The maximum absolute atomic E-state index is 13.4. The molecule has 1 atom stereocenters. The Balaban J connectivity index is 1.90. The number of rotatable bonds is 6. The fourth-order valence-electron chi connectivity index (χ4n) is 4.64. The number of aliphatic hydroxyl groups is 1. The molecule has 1 aliphatic heterocycles. The van der Waals surface area contributed by atoms with Crippen molar-refractivity contribution in [1.29, 1.82) is 0 Å². The Kier molecular flexibility index (Phi) is 7.16. The van der Waals surface area contributed by atoms with E-state index in [1.165, 1.54) is 4.90 Å². The van der Waals surface area contributed by atoms with Crippen LogP contribution in [0.5, 0.6) is 5.75 Å². The maximum atomic E-state index is 13.4. The van der Waals surface area contributed by atoms with E-state index in [4.69, 9.17) is 9.47 Å². The molecule has 37 heavy (non-hydrogen) atoms. The summed E-state index contributed by atoms with van der Waals surface area (Å²) in [4.78, 5) is 40.3. The summed E-state index contributed by atoms with van der Waals surface area (Å²) < 4.78 is 10.4. The Labute approximate surface area is 215 Å². The quantitative estimate of drug-likeness (QED) is 0.211. The SMILES string of the molecule is CCOC(=O)c1ccc(N2C(=O)C(=O)/C(=C(/O)c3cc(C)c(OC)cc3C)C2c2cccc(C)c2)cc1. The van der Waals surface area contributed by atoms with Gasteiger partial charge in [0.2, 0.25) is 0 Å². The summed E-state index contributed by atoms with van der Waals surface area (Å²) in [5.74, 6) is -1.62. The number of amides is 1. The monoisotopic (exact) mass is 499 g/mol. The minimum Gasteiger partial charge on any atom is -0.507 e. The van der Waals surface area contributed by atoms with Crippen LogP contribution in [0.4, 0.5) is 5.69 Å². The summed E-state index contributed by atoms with van der Waals surface area (Å²) in [5.41, 5.74) is 4.31. The number of nitrogens with zero attached hydrogens (tertiary/aromatic N) is 1. The molecule has 1 unspecified atom stereocenters. The minimum atomic E-state index is -0.866. The average molecular weight is 500 g/mol. The van der Waals surface area contributed by atoms with E-state index in [-0.39, 0.29) is 17.9 Å². The maximum Gasteiger partial charge on any atom is 0.338 e. The zero-order valence-electron chi connectivity index (χ0n) is 21.5. The fraction of sp³-hybridized carbons (Fsp3) is 0.233. The van der Waals surface area contributed by atoms with E-state index in [0.717, 1.165) is 11.1 Å². The van der Waals surface area contributed by atoms with E-state index in [9.17, 15) is 19.5 Å². The molecule has 1 fully saturated rings. The average Bonchev–Trinajstić information content (AvgIpc) is 3.15. The normalized spacial score (nSPS) is 16.7. The summed E-state index contributed by atoms with van der Waals surface area (Å²) in [6.45, 7) is 7.53. The van der Waals surface area contributed by atoms with Crippen LogP contribution >= 0.6 is 0 Å². The minimum absolute atomic E-state index is 0.00210. The molecule has 7 heteroatoms. The number of benzene rings is 3. The van der Waals surface area contributed by atoms with Crippen LogP contribution in [0.2, 0.25) is 0 Å². The van der Waals surface area contributed by atoms with Gasteiger partial charge in [0.15, 0.2) is 0 Å². The van der Waals surface area contributed by atoms with Crippen molar-refractivity contribution in [3.05, 3.63) is 99.6 Å². The molecule has 1 saturated heterocycles. The van der Waals surface area contributed by atoms with Gasteiger partial charge in [0.1, 0.15) is 11.5 Å². The van der Waals surface area contributed by atoms with E-state index in [1.54, 1.807) is 50.4 Å². The van der Waals surface area contributed by atoms with Crippen molar-refractivity contribution in [3.8, 4) is 5.75 Å². The number of hydrogen-bond donors (Lipinski definition) is 1. The number of aryl methyl sites for hydroxylation is 3. The molecule has 0 aromatic heterocycles. The fourth-order valence-corrected chi connectivity index (χ4v) is 4.64. The van der Waals surface area contributed by atoms with E-state index in [0.29, 0.717) is 33.7 Å². The molecule has 0 spiro atoms. The topological polar surface area (TPSA) is 93.1 Å². The number of esters is 1. The number of methoxy groups -OCH3 is 1. The summed E-state index contributed by atoms with van der Waals surface area (Å²) in [6.07, 6.45) is 0. The van der Waals surface area contributed by atoms with Crippen LogP contribution < -0.4 is 9.64 Å². The lowest BCUT2D eigenvalue weighted by atomic mass is 9.92. The number of anilines is 1. The highest BCUT2D eigenvalue weighted by Gasteiger charge is 2.47. The smallest absolute Gasteiger partial charge is 0.338 e. The van der Waals surface area contributed by atoms with Crippen molar-refractivity contribution in [3.63, 3.8) is 0 Å². The molecule has 1 heterocycles. The number of ketones is 1. The third kappa shape index (κ3) is 4.72. The first kappa shape index (κ1) is 25.7. The van der Waals surface area contributed by atoms with Crippen LogP contribution in [-0.2, 0) is 14.3 Å². The van der Waals surface area contributed by atoms with Gasteiger partial charge in [-0.1, -0.05) is 29.8 Å². The molecule has 3 aromatic carbocycles. The molecule has 7 nitrogen and oxygen atoms in total. The Morgan fingerprint density at radius 2 is 1.68 bits per heavy atom. The lowest BCUT2D eigenvalue weighted by molar-refractivity contribution is -0.132. The second-order valence-electron chi connectivity index (χ2n) is 8.99. The van der Waals surface area contributed by atoms with Crippen molar-refractivity contribution >= 4 is 29.1 Å². The second-order valence-corrected chi connectivity index (χ2v) is 8.99. The Morgan fingerprint density at radius 3 is 2.30 bits per heavy atom. The molecule has 0 bridgehead atoms. The standard InChI is InChI=1S/C30H29NO6/c1-6-37-30(35)20-10-12-22(13-11-20)31-26(21-9-7-8-17(2)14-21)25(28(33)29(31)34)27(32)23-15-19(4)24(36-5)16-18(23)3/h7-16,26,32H,6H2,1-5H3/b27-25+. The van der Waals surface area contributed by atoms with E-state index < -0.39 is 23.7 Å². The Morgan fingerprint density at radius 1 is 0.973 bits per heavy atom. The Bertz CT molecular complexity index is 1420. The second kappa shape index (κ2) is 10.3. The van der Waals surface area contributed by atoms with Gasteiger partial charge in [-0.2, -0.15) is 0 Å². The first-order valence-electron chi connectivity index (χ1n) is 12.0. The number of ether oxygens (including phenoxy) is 2. The molecule has 3 aromatic rings. The van der Waals surface area contributed by atoms with Crippen LogP contribution in [-0.4, -0.2) is 36.5 Å². The molecule has 4 rings (SSSR count). The van der Waals surface area contributed by atoms with Crippen molar-refractivity contribution in [2.24, 2.45) is 0 Å². The van der Waals surface area contributed by atoms with Gasteiger partial charge in [-0.3, -0.25) is 14.5 Å². The zero-order chi connectivity index (χ0) is 26.9. The molecular weight excluding hydrogens is 470 g/mol. The van der Waals surface area contributed by atoms with Crippen molar-refractivity contribution in [2.45, 2.75) is 33.7 Å². The summed E-state index contributed by atoms with van der Waals surface area (Å²) >= 11 is 0. The number of carbonyl (C=O) groups is 3. The van der Waals surface area contributed by atoms with Gasteiger partial charge in [0.05, 0.1) is 30.9 Å². The predicted octanol–water partition coefficient (Wildman–Crippen LogP) is 5.42. The molecule has 1 N–H and O–H groups in total. The molecule has 1 aliphatic rings. The molecule has 0 radical (unpaired) electrons. The van der Waals surface area contributed by atoms with Gasteiger partial charge < -0.3 is 14.6 Å². The first-order valence-corrected chi connectivity index (χ1v) is 12.0. The van der Waals surface area contributed by atoms with E-state index >= 15 is 0 Å². The van der Waals surface area contributed by atoms with Crippen LogP contribution in [0.3, 0.4) is 0 Å². The third-order valence-corrected chi connectivity index (χ3v) is 6.46. The van der Waals surface area contributed by atoms with Crippen LogP contribution in [0, 0.1) is 20.8 Å². The van der Waals surface area contributed by atoms with Gasteiger partial charge in [-0.15, -0.1) is 0 Å². The highest BCUT2D eigenvalue weighted by atomic mass is 16.5. The van der Waals surface area contributed by atoms with Gasteiger partial charge in [0, 0.05) is 11.3 Å². The van der Waals surface area contributed by atoms with Gasteiger partial charge >= 0.3 is 5.97 Å². The van der Waals surface area contributed by atoms with Crippen molar-refractivity contribution in [2.75, 3.05) is 18.6 Å². The number of hydrogen-bond acceptors (Lipinski definition) is 6. The number of aliphatic hydroxyl groups excluding tert-OH is 1. The van der Waals surface area contributed by atoms with Gasteiger partial charge in [0.25, 0.3) is 11.7 Å². The molecular formula is C30H29NO6. The Hall–Kier alpha value is -4.39. The van der Waals surface area contributed by atoms with E-state index in [2.05, 4.69) is 0 Å². The molecule has 1 amide bonds. The van der Waals surface area contributed by atoms with Crippen molar-refractivity contribution in [1.82, 2.24) is 0 Å². The van der Waals surface area contributed by atoms with E-state index in [1.807, 2.05) is 45.0 Å². The highest BCUT2D eigenvalue weighted by molar-refractivity contribution is 6.51. The molecule has 0 aliphatic carbocycles.